The van der Waals surface area contributed by atoms with E-state index in [1.807, 2.05) is 6.07 Å². The summed E-state index contributed by atoms with van der Waals surface area (Å²) in [6.45, 7) is 2.24. The Labute approximate surface area is 104 Å². The zero-order valence-corrected chi connectivity index (χ0v) is 11.0. The van der Waals surface area contributed by atoms with Crippen LogP contribution in [0.15, 0.2) is 22.7 Å². The molecule has 1 aromatic rings. The predicted octanol–water partition coefficient (Wildman–Crippen LogP) is 4.02. The molecule has 2 rings (SSSR count). The van der Waals surface area contributed by atoms with Crippen LogP contribution in [0.5, 0.6) is 0 Å². The van der Waals surface area contributed by atoms with Crippen molar-refractivity contribution in [3.63, 3.8) is 0 Å². The molecule has 0 bridgehead atoms. The Hall–Kier alpha value is -0.410. The molecule has 0 aliphatic heterocycles. The van der Waals surface area contributed by atoms with Crippen LogP contribution in [0.3, 0.4) is 0 Å². The van der Waals surface area contributed by atoms with Crippen LogP contribution in [0.4, 0.5) is 4.39 Å². The monoisotopic (exact) mass is 285 g/mol. The Kier molecular flexibility index (Phi) is 3.65. The maximum atomic E-state index is 13.7. The Morgan fingerprint density at radius 3 is 2.81 bits per heavy atom. The molecule has 1 aliphatic rings. The topological polar surface area (TPSA) is 26.0 Å². The van der Waals surface area contributed by atoms with E-state index in [1.54, 1.807) is 6.07 Å². The highest BCUT2D eigenvalue weighted by atomic mass is 79.9. The lowest BCUT2D eigenvalue weighted by molar-refractivity contribution is 0.415. The zero-order chi connectivity index (χ0) is 11.7. The van der Waals surface area contributed by atoms with Gasteiger partial charge in [0.2, 0.25) is 0 Å². The molecule has 2 N–H and O–H groups in total. The Morgan fingerprint density at radius 2 is 2.19 bits per heavy atom. The standard InChI is InChI=1S/C13H17BrFN/c1-8-2-3-9(6-8)13(16)11-7-10(14)4-5-12(11)15/h4-5,7-9,13H,2-3,6,16H2,1H3. The summed E-state index contributed by atoms with van der Waals surface area (Å²) < 4.78 is 14.6. The minimum absolute atomic E-state index is 0.164. The van der Waals surface area contributed by atoms with Gasteiger partial charge >= 0.3 is 0 Å². The first-order valence-electron chi connectivity index (χ1n) is 5.78. The van der Waals surface area contributed by atoms with Gasteiger partial charge in [0.25, 0.3) is 0 Å². The molecular weight excluding hydrogens is 269 g/mol. The lowest BCUT2D eigenvalue weighted by atomic mass is 9.91. The summed E-state index contributed by atoms with van der Waals surface area (Å²) in [5, 5.41) is 0. The van der Waals surface area contributed by atoms with Crippen molar-refractivity contribution in [3.05, 3.63) is 34.1 Å². The molecule has 3 heteroatoms. The molecule has 1 aromatic carbocycles. The van der Waals surface area contributed by atoms with Crippen molar-refractivity contribution in [1.29, 1.82) is 0 Å². The summed E-state index contributed by atoms with van der Waals surface area (Å²) in [6, 6.07) is 4.84. The molecule has 0 spiro atoms. The second kappa shape index (κ2) is 4.84. The van der Waals surface area contributed by atoms with Gasteiger partial charge in [-0.05, 0) is 42.9 Å². The third kappa shape index (κ3) is 2.46. The van der Waals surface area contributed by atoms with E-state index >= 15 is 0 Å². The fourth-order valence-electron chi connectivity index (χ4n) is 2.60. The highest BCUT2D eigenvalue weighted by Gasteiger charge is 2.28. The van der Waals surface area contributed by atoms with Crippen molar-refractivity contribution in [1.82, 2.24) is 0 Å². The SMILES string of the molecule is CC1CCC(C(N)c2cc(Br)ccc2F)C1. The third-order valence-electron chi connectivity index (χ3n) is 3.56. The van der Waals surface area contributed by atoms with E-state index in [2.05, 4.69) is 22.9 Å². The van der Waals surface area contributed by atoms with Gasteiger partial charge in [0, 0.05) is 16.1 Å². The van der Waals surface area contributed by atoms with Crippen LogP contribution in [0, 0.1) is 17.7 Å². The smallest absolute Gasteiger partial charge is 0.128 e. The van der Waals surface area contributed by atoms with Crippen LogP contribution in [0.1, 0.15) is 37.8 Å². The van der Waals surface area contributed by atoms with Gasteiger partial charge < -0.3 is 5.73 Å². The molecule has 88 valence electrons. The van der Waals surface area contributed by atoms with Gasteiger partial charge in [0.05, 0.1) is 0 Å². The molecule has 3 atom stereocenters. The van der Waals surface area contributed by atoms with E-state index in [-0.39, 0.29) is 11.9 Å². The maximum absolute atomic E-state index is 13.7. The van der Waals surface area contributed by atoms with E-state index in [0.29, 0.717) is 11.5 Å². The molecule has 1 saturated carbocycles. The van der Waals surface area contributed by atoms with Crippen LogP contribution in [-0.4, -0.2) is 0 Å². The van der Waals surface area contributed by atoms with Gasteiger partial charge in [-0.1, -0.05) is 29.3 Å². The lowest BCUT2D eigenvalue weighted by Crippen LogP contribution is -2.20. The highest BCUT2D eigenvalue weighted by Crippen LogP contribution is 2.38. The van der Waals surface area contributed by atoms with Crippen molar-refractivity contribution in [2.45, 2.75) is 32.2 Å². The third-order valence-corrected chi connectivity index (χ3v) is 4.05. The number of rotatable bonds is 2. The molecule has 16 heavy (non-hydrogen) atoms. The Morgan fingerprint density at radius 1 is 1.44 bits per heavy atom. The molecule has 0 saturated heterocycles. The summed E-state index contributed by atoms with van der Waals surface area (Å²) >= 11 is 3.36. The molecule has 0 radical (unpaired) electrons. The molecule has 1 aliphatic carbocycles. The van der Waals surface area contributed by atoms with Crippen molar-refractivity contribution in [2.75, 3.05) is 0 Å². The molecule has 1 nitrogen and oxygen atoms in total. The minimum Gasteiger partial charge on any atom is -0.324 e. The van der Waals surface area contributed by atoms with Crippen LogP contribution in [0.25, 0.3) is 0 Å². The normalized spacial score (nSPS) is 27.0. The Bertz CT molecular complexity index is 380. The van der Waals surface area contributed by atoms with E-state index in [0.717, 1.165) is 23.2 Å². The van der Waals surface area contributed by atoms with Crippen LogP contribution < -0.4 is 5.73 Å². The Balaban J connectivity index is 2.20. The first kappa shape index (κ1) is 12.1. The maximum Gasteiger partial charge on any atom is 0.128 e. The fourth-order valence-corrected chi connectivity index (χ4v) is 2.98. The molecular formula is C13H17BrFN. The number of halogens is 2. The van der Waals surface area contributed by atoms with Crippen molar-refractivity contribution in [3.8, 4) is 0 Å². The van der Waals surface area contributed by atoms with Gasteiger partial charge in [-0.3, -0.25) is 0 Å². The first-order chi connectivity index (χ1) is 7.58. The second-order valence-electron chi connectivity index (χ2n) is 4.87. The van der Waals surface area contributed by atoms with E-state index < -0.39 is 0 Å². The molecule has 0 amide bonds. The molecule has 3 unspecified atom stereocenters. The zero-order valence-electron chi connectivity index (χ0n) is 9.42. The average Bonchev–Trinajstić information content (AvgIpc) is 2.67. The van der Waals surface area contributed by atoms with Gasteiger partial charge in [-0.2, -0.15) is 0 Å². The van der Waals surface area contributed by atoms with Crippen molar-refractivity contribution in [2.24, 2.45) is 17.6 Å². The highest BCUT2D eigenvalue weighted by molar-refractivity contribution is 9.10. The molecule has 0 heterocycles. The summed E-state index contributed by atoms with van der Waals surface area (Å²) in [7, 11) is 0. The van der Waals surface area contributed by atoms with Crippen LogP contribution in [-0.2, 0) is 0 Å². The van der Waals surface area contributed by atoms with E-state index in [9.17, 15) is 4.39 Å². The number of benzene rings is 1. The largest absolute Gasteiger partial charge is 0.324 e. The molecule has 1 fully saturated rings. The van der Waals surface area contributed by atoms with Gasteiger partial charge in [0.15, 0.2) is 0 Å². The quantitative estimate of drug-likeness (QED) is 0.873. The van der Waals surface area contributed by atoms with Crippen molar-refractivity contribution >= 4 is 15.9 Å². The number of hydrogen-bond donors (Lipinski definition) is 1. The van der Waals surface area contributed by atoms with Crippen molar-refractivity contribution < 1.29 is 4.39 Å². The number of nitrogens with two attached hydrogens (primary N) is 1. The van der Waals surface area contributed by atoms with Crippen LogP contribution in [0.2, 0.25) is 0 Å². The van der Waals surface area contributed by atoms with Gasteiger partial charge in [-0.25, -0.2) is 4.39 Å². The second-order valence-corrected chi connectivity index (χ2v) is 5.79. The van der Waals surface area contributed by atoms with Gasteiger partial charge in [-0.15, -0.1) is 0 Å². The van der Waals surface area contributed by atoms with Crippen LogP contribution >= 0.6 is 15.9 Å². The average molecular weight is 286 g/mol. The summed E-state index contributed by atoms with van der Waals surface area (Å²) in [4.78, 5) is 0. The molecule has 0 aromatic heterocycles. The first-order valence-corrected chi connectivity index (χ1v) is 6.57. The lowest BCUT2D eigenvalue weighted by Gasteiger charge is -2.20. The van der Waals surface area contributed by atoms with Gasteiger partial charge in [0.1, 0.15) is 5.82 Å². The number of hydrogen-bond acceptors (Lipinski definition) is 1. The predicted molar refractivity (Wildman–Crippen MR) is 67.5 cm³/mol. The van der Waals surface area contributed by atoms with E-state index in [1.165, 1.54) is 12.5 Å². The fraction of sp³-hybridized carbons (Fsp3) is 0.538. The van der Waals surface area contributed by atoms with E-state index in [4.69, 9.17) is 5.73 Å². The summed E-state index contributed by atoms with van der Waals surface area (Å²) in [5.74, 6) is 0.973. The summed E-state index contributed by atoms with van der Waals surface area (Å²) in [6.07, 6.45) is 3.45. The minimum atomic E-state index is -0.185. The summed E-state index contributed by atoms with van der Waals surface area (Å²) in [5.41, 5.74) is 6.82.